The maximum atomic E-state index is 2.43. The summed E-state index contributed by atoms with van der Waals surface area (Å²) in [6.45, 7) is 15.8. The van der Waals surface area contributed by atoms with E-state index in [0.29, 0.717) is 11.8 Å². The van der Waals surface area contributed by atoms with E-state index in [1.54, 1.807) is 0 Å². The minimum Gasteiger partial charge on any atom is -0.310 e. The zero-order valence-electron chi connectivity index (χ0n) is 23.8. The molecule has 4 aromatic carbocycles. The molecule has 0 aromatic heterocycles. The molecule has 0 unspecified atom stereocenters. The molecule has 0 radical (unpaired) electrons. The van der Waals surface area contributed by atoms with Crippen LogP contribution in [0.3, 0.4) is 0 Å². The number of benzene rings is 4. The maximum absolute atomic E-state index is 2.43. The third-order valence-electron chi connectivity index (χ3n) is 7.03. The molecule has 0 fully saturated rings. The van der Waals surface area contributed by atoms with Crippen LogP contribution in [-0.2, 0) is 19.3 Å². The number of hydrogen-bond acceptors (Lipinski definition) is 1. The standard InChI is InChI=1S/C36H43N/c1-25(2)18-30-10-8-11-32(22-30)23-33-20-29(7)36(21-28(33)6)37(34-16-14-27(5)15-17-34)35-13-9-12-31(24-35)19-26(3)4/h8-17,20-22,24-26H,18-19,23H2,1-7H3. The molecule has 0 aliphatic heterocycles. The van der Waals surface area contributed by atoms with Crippen LogP contribution in [0, 0.1) is 32.6 Å². The largest absolute Gasteiger partial charge is 0.310 e. The van der Waals surface area contributed by atoms with Crippen LogP contribution in [0.4, 0.5) is 17.1 Å². The number of anilines is 3. The highest BCUT2D eigenvalue weighted by Gasteiger charge is 2.17. The molecule has 192 valence electrons. The van der Waals surface area contributed by atoms with Crippen molar-refractivity contribution in [3.63, 3.8) is 0 Å². The summed E-state index contributed by atoms with van der Waals surface area (Å²) in [4.78, 5) is 2.43. The normalized spacial score (nSPS) is 11.4. The molecule has 0 aliphatic rings. The van der Waals surface area contributed by atoms with Crippen LogP contribution < -0.4 is 4.90 Å². The highest BCUT2D eigenvalue weighted by Crippen LogP contribution is 2.38. The van der Waals surface area contributed by atoms with Gasteiger partial charge in [0.15, 0.2) is 0 Å². The van der Waals surface area contributed by atoms with Gasteiger partial charge in [-0.05, 0) is 116 Å². The van der Waals surface area contributed by atoms with E-state index >= 15 is 0 Å². The Morgan fingerprint density at radius 2 is 1.16 bits per heavy atom. The van der Waals surface area contributed by atoms with Crippen LogP contribution in [0.15, 0.2) is 84.9 Å². The Kier molecular flexibility index (Phi) is 8.54. The zero-order valence-corrected chi connectivity index (χ0v) is 23.8. The van der Waals surface area contributed by atoms with Crippen LogP contribution in [0.5, 0.6) is 0 Å². The van der Waals surface area contributed by atoms with E-state index in [-0.39, 0.29) is 0 Å². The first-order valence-corrected chi connectivity index (χ1v) is 13.8. The molecule has 4 aromatic rings. The number of hydrogen-bond donors (Lipinski definition) is 0. The van der Waals surface area contributed by atoms with Gasteiger partial charge in [-0.1, -0.05) is 87.9 Å². The first kappa shape index (κ1) is 26.7. The van der Waals surface area contributed by atoms with Crippen molar-refractivity contribution in [2.75, 3.05) is 4.90 Å². The number of aryl methyl sites for hydroxylation is 3. The van der Waals surface area contributed by atoms with Gasteiger partial charge >= 0.3 is 0 Å². The Morgan fingerprint density at radius 1 is 0.568 bits per heavy atom. The van der Waals surface area contributed by atoms with Crippen molar-refractivity contribution in [1.82, 2.24) is 0 Å². The lowest BCUT2D eigenvalue weighted by atomic mass is 9.94. The molecule has 0 amide bonds. The highest BCUT2D eigenvalue weighted by molar-refractivity contribution is 5.79. The van der Waals surface area contributed by atoms with Crippen LogP contribution in [0.2, 0.25) is 0 Å². The van der Waals surface area contributed by atoms with Crippen molar-refractivity contribution < 1.29 is 0 Å². The SMILES string of the molecule is Cc1ccc(N(c2cccc(CC(C)C)c2)c2cc(C)c(Cc3cccc(CC(C)C)c3)cc2C)cc1. The molecule has 0 saturated heterocycles. The molecular formula is C36H43N. The summed E-state index contributed by atoms with van der Waals surface area (Å²) in [5, 5.41) is 0. The lowest BCUT2D eigenvalue weighted by Gasteiger charge is -2.29. The second-order valence-electron chi connectivity index (χ2n) is 11.6. The van der Waals surface area contributed by atoms with E-state index in [1.165, 1.54) is 56.0 Å². The predicted molar refractivity (Wildman–Crippen MR) is 162 cm³/mol. The highest BCUT2D eigenvalue weighted by atomic mass is 15.1. The van der Waals surface area contributed by atoms with Gasteiger partial charge in [-0.25, -0.2) is 0 Å². The Labute approximate surface area is 225 Å². The second-order valence-corrected chi connectivity index (χ2v) is 11.6. The summed E-state index contributed by atoms with van der Waals surface area (Å²) in [6, 6.07) is 31.9. The molecule has 0 bridgehead atoms. The van der Waals surface area contributed by atoms with Gasteiger partial charge in [-0.15, -0.1) is 0 Å². The first-order chi connectivity index (χ1) is 17.7. The van der Waals surface area contributed by atoms with E-state index in [2.05, 4.69) is 138 Å². The van der Waals surface area contributed by atoms with E-state index in [4.69, 9.17) is 0 Å². The molecule has 1 heteroatoms. The average molecular weight is 490 g/mol. The monoisotopic (exact) mass is 489 g/mol. The summed E-state index contributed by atoms with van der Waals surface area (Å²) in [5.74, 6) is 1.30. The van der Waals surface area contributed by atoms with Crippen LogP contribution in [0.25, 0.3) is 0 Å². The smallest absolute Gasteiger partial charge is 0.0493 e. The molecule has 37 heavy (non-hydrogen) atoms. The van der Waals surface area contributed by atoms with Gasteiger partial charge in [0.05, 0.1) is 0 Å². The van der Waals surface area contributed by atoms with Gasteiger partial charge in [-0.3, -0.25) is 0 Å². The minimum absolute atomic E-state index is 0.630. The van der Waals surface area contributed by atoms with Crippen molar-refractivity contribution in [2.24, 2.45) is 11.8 Å². The summed E-state index contributed by atoms with van der Waals surface area (Å²) < 4.78 is 0. The molecule has 4 rings (SSSR count). The Morgan fingerprint density at radius 3 is 1.81 bits per heavy atom. The third-order valence-corrected chi connectivity index (χ3v) is 7.03. The van der Waals surface area contributed by atoms with E-state index in [0.717, 1.165) is 19.3 Å². The van der Waals surface area contributed by atoms with Gasteiger partial charge < -0.3 is 4.90 Å². The Balaban J connectivity index is 1.73. The van der Waals surface area contributed by atoms with Crippen LogP contribution in [-0.4, -0.2) is 0 Å². The van der Waals surface area contributed by atoms with Gasteiger partial charge in [-0.2, -0.15) is 0 Å². The van der Waals surface area contributed by atoms with E-state index in [1.807, 2.05) is 0 Å². The number of nitrogens with zero attached hydrogens (tertiary/aromatic N) is 1. The molecule has 0 spiro atoms. The summed E-state index contributed by atoms with van der Waals surface area (Å²) >= 11 is 0. The molecule has 0 N–H and O–H groups in total. The molecule has 0 saturated carbocycles. The molecular weight excluding hydrogens is 446 g/mol. The fourth-order valence-electron chi connectivity index (χ4n) is 5.26. The van der Waals surface area contributed by atoms with Crippen molar-refractivity contribution in [3.05, 3.63) is 124 Å². The second kappa shape index (κ2) is 11.8. The third kappa shape index (κ3) is 6.92. The summed E-state index contributed by atoms with van der Waals surface area (Å²) in [5.41, 5.74) is 13.2. The van der Waals surface area contributed by atoms with Crippen LogP contribution in [0.1, 0.15) is 66.6 Å². The molecule has 0 atom stereocenters. The minimum atomic E-state index is 0.630. The molecule has 1 nitrogen and oxygen atoms in total. The van der Waals surface area contributed by atoms with Gasteiger partial charge in [0, 0.05) is 17.1 Å². The van der Waals surface area contributed by atoms with Gasteiger partial charge in [0.25, 0.3) is 0 Å². The zero-order chi connectivity index (χ0) is 26.5. The lowest BCUT2D eigenvalue weighted by molar-refractivity contribution is 0.647. The van der Waals surface area contributed by atoms with Crippen LogP contribution >= 0.6 is 0 Å². The number of rotatable bonds is 9. The topological polar surface area (TPSA) is 3.24 Å². The van der Waals surface area contributed by atoms with Crippen molar-refractivity contribution in [2.45, 2.75) is 67.7 Å². The van der Waals surface area contributed by atoms with Crippen molar-refractivity contribution in [1.29, 1.82) is 0 Å². The predicted octanol–water partition coefficient (Wildman–Crippen LogP) is 10.1. The average Bonchev–Trinajstić information content (AvgIpc) is 2.83. The summed E-state index contributed by atoms with van der Waals surface area (Å²) in [6.07, 6.45) is 3.18. The fourth-order valence-corrected chi connectivity index (χ4v) is 5.26. The fraction of sp³-hybridized carbons (Fsp3) is 0.333. The Bertz CT molecular complexity index is 1330. The Hall–Kier alpha value is -3.32. The lowest BCUT2D eigenvalue weighted by Crippen LogP contribution is -2.13. The van der Waals surface area contributed by atoms with Crippen molar-refractivity contribution >= 4 is 17.1 Å². The first-order valence-electron chi connectivity index (χ1n) is 13.8. The van der Waals surface area contributed by atoms with Gasteiger partial charge in [0.1, 0.15) is 0 Å². The molecule has 0 aliphatic carbocycles. The van der Waals surface area contributed by atoms with Gasteiger partial charge in [0.2, 0.25) is 0 Å². The van der Waals surface area contributed by atoms with E-state index in [9.17, 15) is 0 Å². The van der Waals surface area contributed by atoms with Crippen molar-refractivity contribution in [3.8, 4) is 0 Å². The maximum Gasteiger partial charge on any atom is 0.0493 e. The summed E-state index contributed by atoms with van der Waals surface area (Å²) in [7, 11) is 0. The van der Waals surface area contributed by atoms with E-state index < -0.39 is 0 Å². The quantitative estimate of drug-likeness (QED) is 0.226. The molecule has 0 heterocycles.